The highest BCUT2D eigenvalue weighted by molar-refractivity contribution is 7.46. The Morgan fingerprint density at radius 3 is 2.49 bits per heavy atom. The van der Waals surface area contributed by atoms with Gasteiger partial charge in [-0.05, 0) is 17.7 Å². The number of phosphoric ester groups is 1. The van der Waals surface area contributed by atoms with Crippen molar-refractivity contribution in [1.29, 1.82) is 0 Å². The second-order valence-electron chi connectivity index (χ2n) is 7.54. The van der Waals surface area contributed by atoms with Crippen LogP contribution in [-0.2, 0) is 15.8 Å². The van der Waals surface area contributed by atoms with E-state index in [1.807, 2.05) is 0 Å². The molecule has 190 valence electrons. The van der Waals surface area contributed by atoms with Crippen molar-refractivity contribution in [1.82, 2.24) is 19.5 Å². The van der Waals surface area contributed by atoms with Crippen LogP contribution in [-0.4, -0.2) is 83.8 Å². The first-order valence-electron chi connectivity index (χ1n) is 10.2. The molecule has 0 unspecified atom stereocenters. The number of aliphatic hydroxyl groups is 3. The SMILES string of the molecule is COc1cc(CNc2ncnc3c2ncn3[C@@H]2O[C@H](CO)[C@@H](O)[C@H]2O)cc(OP(=O)(O)O)c1OC. The Hall–Kier alpha value is -3.04. The van der Waals surface area contributed by atoms with Crippen molar-refractivity contribution in [3.05, 3.63) is 30.4 Å². The van der Waals surface area contributed by atoms with E-state index >= 15 is 0 Å². The van der Waals surface area contributed by atoms with Crippen molar-refractivity contribution < 1.29 is 48.4 Å². The fraction of sp³-hybridized carbons (Fsp3) is 0.421. The Kier molecular flexibility index (Phi) is 7.10. The van der Waals surface area contributed by atoms with E-state index in [9.17, 15) is 29.7 Å². The van der Waals surface area contributed by atoms with Crippen LogP contribution in [0.5, 0.6) is 17.2 Å². The summed E-state index contributed by atoms with van der Waals surface area (Å²) in [5, 5.41) is 32.8. The molecule has 0 amide bonds. The highest BCUT2D eigenvalue weighted by atomic mass is 31.2. The molecule has 15 nitrogen and oxygen atoms in total. The van der Waals surface area contributed by atoms with Crippen molar-refractivity contribution >= 4 is 24.8 Å². The summed E-state index contributed by atoms with van der Waals surface area (Å²) in [5.41, 5.74) is 1.15. The first-order valence-corrected chi connectivity index (χ1v) is 11.7. The zero-order valence-corrected chi connectivity index (χ0v) is 19.4. The topological polar surface area (TPSA) is 211 Å². The predicted molar refractivity (Wildman–Crippen MR) is 118 cm³/mol. The second-order valence-corrected chi connectivity index (χ2v) is 8.70. The standard InChI is InChI=1S/C19H24N5O10P/c1-31-10-3-9(4-11(16(10)32-2)34-35(28,29)30)5-20-17-13-18(22-7-21-17)24(8-23-13)19-15(27)14(26)12(6-25)33-19/h3-4,7-8,12,14-15,19,25-27H,5-6H2,1-2H3,(H,20,21,22)(H2,28,29,30)/t12-,14-,15-,19-/m1/s1. The molecule has 1 saturated heterocycles. The van der Waals surface area contributed by atoms with Crippen LogP contribution in [0.3, 0.4) is 0 Å². The van der Waals surface area contributed by atoms with Gasteiger partial charge in [-0.25, -0.2) is 19.5 Å². The van der Waals surface area contributed by atoms with Gasteiger partial charge >= 0.3 is 7.82 Å². The molecule has 35 heavy (non-hydrogen) atoms. The zero-order chi connectivity index (χ0) is 25.3. The summed E-state index contributed by atoms with van der Waals surface area (Å²) < 4.78 is 33.5. The van der Waals surface area contributed by atoms with Gasteiger partial charge in [0.15, 0.2) is 34.7 Å². The third kappa shape index (κ3) is 5.01. The number of methoxy groups -OCH3 is 2. The van der Waals surface area contributed by atoms with Gasteiger partial charge in [-0.1, -0.05) is 0 Å². The summed E-state index contributed by atoms with van der Waals surface area (Å²) in [6.07, 6.45) is -1.94. The van der Waals surface area contributed by atoms with E-state index in [0.29, 0.717) is 22.5 Å². The van der Waals surface area contributed by atoms with Gasteiger partial charge in [0, 0.05) is 6.54 Å². The molecule has 0 bridgehead atoms. The molecule has 3 heterocycles. The van der Waals surface area contributed by atoms with Crippen LogP contribution in [0, 0.1) is 0 Å². The number of benzene rings is 1. The summed E-state index contributed by atoms with van der Waals surface area (Å²) in [4.78, 5) is 31.1. The quantitative estimate of drug-likeness (QED) is 0.200. The average molecular weight is 513 g/mol. The Balaban J connectivity index is 1.61. The molecule has 0 radical (unpaired) electrons. The Morgan fingerprint density at radius 1 is 1.11 bits per heavy atom. The van der Waals surface area contributed by atoms with Crippen molar-refractivity contribution in [2.45, 2.75) is 31.1 Å². The van der Waals surface area contributed by atoms with Gasteiger partial charge in [-0.15, -0.1) is 0 Å². The molecule has 1 aliphatic rings. The van der Waals surface area contributed by atoms with Crippen molar-refractivity contribution in [2.75, 3.05) is 26.1 Å². The zero-order valence-electron chi connectivity index (χ0n) is 18.5. The summed E-state index contributed by atoms with van der Waals surface area (Å²) in [5.74, 6) is 0.309. The number of aromatic nitrogens is 4. The molecule has 4 rings (SSSR count). The normalized spacial score (nSPS) is 22.4. The molecule has 1 aliphatic heterocycles. The monoisotopic (exact) mass is 513 g/mol. The number of imidazole rings is 1. The van der Waals surface area contributed by atoms with E-state index in [2.05, 4.69) is 20.3 Å². The van der Waals surface area contributed by atoms with E-state index in [1.165, 1.54) is 37.5 Å². The van der Waals surface area contributed by atoms with Gasteiger partial charge in [0.1, 0.15) is 24.6 Å². The van der Waals surface area contributed by atoms with Gasteiger partial charge in [0.25, 0.3) is 0 Å². The summed E-state index contributed by atoms with van der Waals surface area (Å²) >= 11 is 0. The number of nitrogens with one attached hydrogen (secondary N) is 1. The number of anilines is 1. The number of aliphatic hydroxyl groups excluding tert-OH is 3. The van der Waals surface area contributed by atoms with Crippen molar-refractivity contribution in [2.24, 2.45) is 0 Å². The van der Waals surface area contributed by atoms with Gasteiger partial charge in [0.05, 0.1) is 27.2 Å². The highest BCUT2D eigenvalue weighted by Gasteiger charge is 2.44. The fourth-order valence-corrected chi connectivity index (χ4v) is 4.14. The van der Waals surface area contributed by atoms with Gasteiger partial charge in [-0.3, -0.25) is 14.4 Å². The maximum absolute atomic E-state index is 11.4. The first-order chi connectivity index (χ1) is 16.7. The number of phosphoric acid groups is 1. The Bertz CT molecular complexity index is 1250. The molecule has 3 aromatic rings. The fourth-order valence-electron chi connectivity index (χ4n) is 3.74. The molecule has 16 heteroatoms. The molecule has 1 fully saturated rings. The van der Waals surface area contributed by atoms with E-state index in [0.717, 1.165) is 0 Å². The van der Waals surface area contributed by atoms with E-state index in [-0.39, 0.29) is 23.8 Å². The van der Waals surface area contributed by atoms with Gasteiger partial charge in [0.2, 0.25) is 5.75 Å². The van der Waals surface area contributed by atoms with Gasteiger partial charge in [-0.2, -0.15) is 0 Å². The third-order valence-electron chi connectivity index (χ3n) is 5.33. The van der Waals surface area contributed by atoms with E-state index < -0.39 is 39.0 Å². The lowest BCUT2D eigenvalue weighted by Gasteiger charge is -2.17. The van der Waals surface area contributed by atoms with Crippen LogP contribution in [0.1, 0.15) is 11.8 Å². The molecule has 6 N–H and O–H groups in total. The van der Waals surface area contributed by atoms with Crippen LogP contribution in [0.4, 0.5) is 5.82 Å². The molecule has 2 aromatic heterocycles. The lowest BCUT2D eigenvalue weighted by molar-refractivity contribution is -0.0511. The smallest absolute Gasteiger partial charge is 0.493 e. The predicted octanol–water partition coefficient (Wildman–Crippen LogP) is -0.461. The number of fused-ring (bicyclic) bond motifs is 1. The summed E-state index contributed by atoms with van der Waals surface area (Å²) in [6.45, 7) is -0.354. The molecule has 0 saturated carbocycles. The minimum Gasteiger partial charge on any atom is -0.493 e. The molecule has 0 spiro atoms. The van der Waals surface area contributed by atoms with Gasteiger partial charge < -0.3 is 39.4 Å². The molecular formula is C19H24N5O10P. The minimum absolute atomic E-state index is 0.0150. The van der Waals surface area contributed by atoms with Crippen molar-refractivity contribution in [3.63, 3.8) is 0 Å². The number of rotatable bonds is 9. The summed E-state index contributed by atoms with van der Waals surface area (Å²) in [7, 11) is -2.19. The second kappa shape index (κ2) is 9.91. The Morgan fingerprint density at radius 2 is 1.86 bits per heavy atom. The van der Waals surface area contributed by atoms with E-state index in [4.69, 9.17) is 18.7 Å². The van der Waals surface area contributed by atoms with Crippen LogP contribution >= 0.6 is 7.82 Å². The van der Waals surface area contributed by atoms with Crippen molar-refractivity contribution in [3.8, 4) is 17.2 Å². The average Bonchev–Trinajstić information content (AvgIpc) is 3.37. The molecule has 4 atom stereocenters. The van der Waals surface area contributed by atoms with Crippen LogP contribution in [0.25, 0.3) is 11.2 Å². The lowest BCUT2D eigenvalue weighted by atomic mass is 10.1. The Labute approximate surface area is 198 Å². The first kappa shape index (κ1) is 25.1. The van der Waals surface area contributed by atoms with Crippen LogP contribution in [0.2, 0.25) is 0 Å². The minimum atomic E-state index is -4.87. The lowest BCUT2D eigenvalue weighted by Crippen LogP contribution is -2.33. The number of ether oxygens (including phenoxy) is 3. The molecule has 1 aromatic carbocycles. The summed E-state index contributed by atoms with van der Waals surface area (Å²) in [6, 6.07) is 2.97. The number of hydrogen-bond donors (Lipinski definition) is 6. The molecule has 0 aliphatic carbocycles. The number of hydrogen-bond acceptors (Lipinski definition) is 12. The number of nitrogens with zero attached hydrogens (tertiary/aromatic N) is 4. The largest absolute Gasteiger partial charge is 0.524 e. The maximum Gasteiger partial charge on any atom is 0.524 e. The van der Waals surface area contributed by atoms with E-state index in [1.54, 1.807) is 6.07 Å². The highest BCUT2D eigenvalue weighted by Crippen LogP contribution is 2.46. The third-order valence-corrected chi connectivity index (χ3v) is 5.77. The van der Waals surface area contributed by atoms with Crippen LogP contribution < -0.4 is 19.3 Å². The van der Waals surface area contributed by atoms with Crippen LogP contribution in [0.15, 0.2) is 24.8 Å². The maximum atomic E-state index is 11.4. The molecular weight excluding hydrogens is 489 g/mol.